The van der Waals surface area contributed by atoms with Crippen molar-refractivity contribution in [2.24, 2.45) is 0 Å². The normalized spacial score (nSPS) is 10.8. The van der Waals surface area contributed by atoms with Crippen molar-refractivity contribution in [3.05, 3.63) is 39.8 Å². The van der Waals surface area contributed by atoms with Crippen LogP contribution in [0.2, 0.25) is 0 Å². The topological polar surface area (TPSA) is 42.7 Å². The van der Waals surface area contributed by atoms with Gasteiger partial charge in [-0.05, 0) is 48.5 Å². The molecule has 5 heteroatoms. The number of nitrogens with zero attached hydrogens (tertiary/aromatic N) is 3. The Hall–Kier alpha value is -1.20. The molecule has 0 saturated heterocycles. The second kappa shape index (κ2) is 4.98. The van der Waals surface area contributed by atoms with Crippen LogP contribution in [-0.4, -0.2) is 21.8 Å². The molecular weight excluding hydrogens is 280 g/mol. The van der Waals surface area contributed by atoms with Gasteiger partial charge in [-0.15, -0.1) is 0 Å². The quantitative estimate of drug-likeness (QED) is 0.945. The largest absolute Gasteiger partial charge is 0.316 e. The third-order valence-corrected chi connectivity index (χ3v) is 2.98. The van der Waals surface area contributed by atoms with Gasteiger partial charge in [-0.1, -0.05) is 0 Å². The minimum Gasteiger partial charge on any atom is -0.316 e. The van der Waals surface area contributed by atoms with Crippen LogP contribution in [-0.2, 0) is 6.54 Å². The van der Waals surface area contributed by atoms with E-state index in [0.29, 0.717) is 0 Å². The highest BCUT2D eigenvalue weighted by Gasteiger charge is 2.11. The molecule has 2 aromatic rings. The Morgan fingerprint density at radius 3 is 2.76 bits per heavy atom. The maximum atomic E-state index is 4.58. The van der Waals surface area contributed by atoms with Crippen molar-refractivity contribution < 1.29 is 0 Å². The van der Waals surface area contributed by atoms with Gasteiger partial charge < -0.3 is 5.32 Å². The van der Waals surface area contributed by atoms with Gasteiger partial charge in [0.15, 0.2) is 5.82 Å². The highest BCUT2D eigenvalue weighted by molar-refractivity contribution is 9.10. The molecule has 4 nitrogen and oxygen atoms in total. The first-order valence-corrected chi connectivity index (χ1v) is 6.23. The van der Waals surface area contributed by atoms with Crippen molar-refractivity contribution in [2.45, 2.75) is 20.4 Å². The third-order valence-electron chi connectivity index (χ3n) is 2.58. The fourth-order valence-corrected chi connectivity index (χ4v) is 2.13. The number of nitrogens with one attached hydrogen (secondary N) is 1. The first-order chi connectivity index (χ1) is 8.11. The Morgan fingerprint density at radius 1 is 1.41 bits per heavy atom. The fourth-order valence-electron chi connectivity index (χ4n) is 1.85. The van der Waals surface area contributed by atoms with Crippen molar-refractivity contribution in [3.63, 3.8) is 0 Å². The molecule has 0 amide bonds. The van der Waals surface area contributed by atoms with E-state index in [1.165, 1.54) is 11.1 Å². The molecule has 0 aliphatic heterocycles. The highest BCUT2D eigenvalue weighted by atomic mass is 79.9. The predicted molar refractivity (Wildman–Crippen MR) is 71.3 cm³/mol. The van der Waals surface area contributed by atoms with Crippen LogP contribution in [0.25, 0.3) is 5.82 Å². The van der Waals surface area contributed by atoms with Crippen LogP contribution >= 0.6 is 15.9 Å². The summed E-state index contributed by atoms with van der Waals surface area (Å²) in [5, 5.41) is 7.46. The molecule has 0 unspecified atom stereocenters. The van der Waals surface area contributed by atoms with Crippen molar-refractivity contribution in [2.75, 3.05) is 7.05 Å². The summed E-state index contributed by atoms with van der Waals surface area (Å²) < 4.78 is 2.75. The number of aromatic nitrogens is 3. The lowest BCUT2D eigenvalue weighted by Crippen LogP contribution is -2.13. The van der Waals surface area contributed by atoms with Gasteiger partial charge in [-0.3, -0.25) is 0 Å². The van der Waals surface area contributed by atoms with Crippen LogP contribution in [0, 0.1) is 13.8 Å². The molecule has 0 saturated carbocycles. The fraction of sp³-hybridized carbons (Fsp3) is 0.333. The first-order valence-electron chi connectivity index (χ1n) is 5.44. The highest BCUT2D eigenvalue weighted by Crippen LogP contribution is 2.19. The molecule has 2 rings (SSSR count). The van der Waals surface area contributed by atoms with Gasteiger partial charge >= 0.3 is 0 Å². The van der Waals surface area contributed by atoms with E-state index >= 15 is 0 Å². The van der Waals surface area contributed by atoms with E-state index in [1.807, 2.05) is 20.2 Å². The van der Waals surface area contributed by atoms with Crippen LogP contribution in [0.1, 0.15) is 16.8 Å². The van der Waals surface area contributed by atoms with E-state index < -0.39 is 0 Å². The van der Waals surface area contributed by atoms with E-state index in [2.05, 4.69) is 44.3 Å². The number of halogens is 1. The van der Waals surface area contributed by atoms with Crippen LogP contribution in [0.5, 0.6) is 0 Å². The Bertz CT molecular complexity index is 533. The average molecular weight is 295 g/mol. The number of hydrogen-bond donors (Lipinski definition) is 1. The standard InChI is InChI=1S/C12H15BrN4/c1-8-4-9(2)16-12(11(8)6-14-3)17-7-10(13)5-15-17/h4-5,7,14H,6H2,1-3H3. The van der Waals surface area contributed by atoms with Gasteiger partial charge in [0.05, 0.1) is 10.7 Å². The van der Waals surface area contributed by atoms with E-state index in [4.69, 9.17) is 0 Å². The molecule has 0 radical (unpaired) electrons. The second-order valence-electron chi connectivity index (χ2n) is 4.02. The molecule has 90 valence electrons. The molecular formula is C12H15BrN4. The SMILES string of the molecule is CNCc1c(C)cc(C)nc1-n1cc(Br)cn1. The van der Waals surface area contributed by atoms with Gasteiger partial charge in [0.2, 0.25) is 0 Å². The molecule has 0 aromatic carbocycles. The first kappa shape index (κ1) is 12.3. The van der Waals surface area contributed by atoms with Crippen molar-refractivity contribution >= 4 is 15.9 Å². The summed E-state index contributed by atoms with van der Waals surface area (Å²) in [5.41, 5.74) is 3.41. The monoisotopic (exact) mass is 294 g/mol. The molecule has 0 aliphatic rings. The number of rotatable bonds is 3. The Morgan fingerprint density at radius 2 is 2.18 bits per heavy atom. The summed E-state index contributed by atoms with van der Waals surface area (Å²) in [7, 11) is 1.93. The molecule has 0 aliphatic carbocycles. The Labute approximate surface area is 109 Å². The van der Waals surface area contributed by atoms with Crippen LogP contribution in [0.15, 0.2) is 22.9 Å². The summed E-state index contributed by atoms with van der Waals surface area (Å²) in [4.78, 5) is 4.58. The molecule has 17 heavy (non-hydrogen) atoms. The molecule has 1 N–H and O–H groups in total. The zero-order valence-electron chi connectivity index (χ0n) is 10.2. The van der Waals surface area contributed by atoms with E-state index in [0.717, 1.165) is 22.5 Å². The third kappa shape index (κ3) is 2.56. The number of pyridine rings is 1. The smallest absolute Gasteiger partial charge is 0.158 e. The van der Waals surface area contributed by atoms with Gasteiger partial charge in [-0.2, -0.15) is 5.10 Å². The summed E-state index contributed by atoms with van der Waals surface area (Å²) in [6, 6.07) is 2.09. The van der Waals surface area contributed by atoms with Crippen LogP contribution in [0.4, 0.5) is 0 Å². The van der Waals surface area contributed by atoms with E-state index in [1.54, 1.807) is 10.9 Å². The lowest BCUT2D eigenvalue weighted by atomic mass is 10.1. The maximum Gasteiger partial charge on any atom is 0.158 e. The summed E-state index contributed by atoms with van der Waals surface area (Å²) in [6.07, 6.45) is 3.68. The predicted octanol–water partition coefficient (Wildman–Crippen LogP) is 2.37. The van der Waals surface area contributed by atoms with Crippen molar-refractivity contribution in [3.8, 4) is 5.82 Å². The minimum atomic E-state index is 0.784. The van der Waals surface area contributed by atoms with Crippen LogP contribution in [0.3, 0.4) is 0 Å². The number of aryl methyl sites for hydroxylation is 2. The zero-order valence-corrected chi connectivity index (χ0v) is 11.7. The molecule has 0 bridgehead atoms. The lowest BCUT2D eigenvalue weighted by molar-refractivity contribution is 0.762. The summed E-state index contributed by atoms with van der Waals surface area (Å²) in [6.45, 7) is 4.88. The Balaban J connectivity index is 2.58. The van der Waals surface area contributed by atoms with Crippen molar-refractivity contribution in [1.82, 2.24) is 20.1 Å². The van der Waals surface area contributed by atoms with Gasteiger partial charge in [0.25, 0.3) is 0 Å². The minimum absolute atomic E-state index is 0.784. The molecule has 2 heterocycles. The Kier molecular flexibility index (Phi) is 3.59. The molecule has 0 atom stereocenters. The second-order valence-corrected chi connectivity index (χ2v) is 4.93. The van der Waals surface area contributed by atoms with Crippen LogP contribution < -0.4 is 5.32 Å². The zero-order chi connectivity index (χ0) is 12.4. The van der Waals surface area contributed by atoms with Gasteiger partial charge in [0.1, 0.15) is 0 Å². The molecule has 2 aromatic heterocycles. The van der Waals surface area contributed by atoms with Gasteiger partial charge in [-0.25, -0.2) is 9.67 Å². The maximum absolute atomic E-state index is 4.58. The number of hydrogen-bond acceptors (Lipinski definition) is 3. The average Bonchev–Trinajstić information content (AvgIpc) is 2.68. The summed E-state index contributed by atoms with van der Waals surface area (Å²) in [5.74, 6) is 0.891. The lowest BCUT2D eigenvalue weighted by Gasteiger charge is -2.12. The van der Waals surface area contributed by atoms with E-state index in [9.17, 15) is 0 Å². The van der Waals surface area contributed by atoms with Gasteiger partial charge in [0, 0.05) is 24.0 Å². The van der Waals surface area contributed by atoms with E-state index in [-0.39, 0.29) is 0 Å². The summed E-state index contributed by atoms with van der Waals surface area (Å²) >= 11 is 3.40. The molecule has 0 fully saturated rings. The van der Waals surface area contributed by atoms with Crippen molar-refractivity contribution in [1.29, 1.82) is 0 Å². The molecule has 0 spiro atoms.